The number of nitrogens with zero attached hydrogens (tertiary/aromatic N) is 2. The van der Waals surface area contributed by atoms with Crippen molar-refractivity contribution < 1.29 is 14.7 Å². The van der Waals surface area contributed by atoms with Gasteiger partial charge in [0.25, 0.3) is 0 Å². The molecule has 1 N–H and O–H groups in total. The van der Waals surface area contributed by atoms with Crippen LogP contribution in [0.2, 0.25) is 0 Å². The van der Waals surface area contributed by atoms with E-state index in [-0.39, 0.29) is 11.5 Å². The molecule has 5 heteroatoms. The molecular formula is C16H22N2O3. The lowest BCUT2D eigenvalue weighted by Gasteiger charge is -2.29. The normalized spacial score (nSPS) is 15.1. The van der Waals surface area contributed by atoms with Gasteiger partial charge >= 0.3 is 5.97 Å². The number of rotatable bonds is 5. The number of piperidine rings is 1. The van der Waals surface area contributed by atoms with Crippen LogP contribution >= 0.6 is 0 Å². The predicted octanol–water partition coefficient (Wildman–Crippen LogP) is 2.75. The lowest BCUT2D eigenvalue weighted by Crippen LogP contribution is -2.35. The molecular weight excluding hydrogens is 268 g/mol. The molecule has 5 nitrogen and oxygen atoms in total. The highest BCUT2D eigenvalue weighted by Gasteiger charge is 2.22. The maximum absolute atomic E-state index is 12.1. The largest absolute Gasteiger partial charge is 0.478 e. The van der Waals surface area contributed by atoms with Crippen molar-refractivity contribution in [2.75, 3.05) is 29.4 Å². The number of carboxylic acids is 1. The Balaban J connectivity index is 2.44. The van der Waals surface area contributed by atoms with E-state index < -0.39 is 5.97 Å². The molecule has 1 aromatic rings. The van der Waals surface area contributed by atoms with Crippen molar-refractivity contribution in [3.8, 4) is 0 Å². The second kappa shape index (κ2) is 6.61. The summed E-state index contributed by atoms with van der Waals surface area (Å²) in [6.07, 6.45) is 2.42. The summed E-state index contributed by atoms with van der Waals surface area (Å²) in [6.45, 7) is 6.32. The molecule has 0 saturated carbocycles. The van der Waals surface area contributed by atoms with E-state index in [0.717, 1.165) is 31.6 Å². The number of anilines is 2. The fourth-order valence-corrected chi connectivity index (χ4v) is 2.72. The third kappa shape index (κ3) is 3.35. The van der Waals surface area contributed by atoms with E-state index in [1.54, 1.807) is 17.0 Å². The van der Waals surface area contributed by atoms with Crippen LogP contribution < -0.4 is 9.80 Å². The van der Waals surface area contributed by atoms with Gasteiger partial charge in [0.05, 0.1) is 5.56 Å². The molecule has 1 aromatic carbocycles. The van der Waals surface area contributed by atoms with E-state index in [1.807, 2.05) is 19.9 Å². The van der Waals surface area contributed by atoms with Crippen LogP contribution in [0.5, 0.6) is 0 Å². The molecule has 0 bridgehead atoms. The highest BCUT2D eigenvalue weighted by atomic mass is 16.4. The van der Waals surface area contributed by atoms with Crippen molar-refractivity contribution in [2.45, 2.75) is 33.1 Å². The number of aromatic carboxylic acids is 1. The van der Waals surface area contributed by atoms with Crippen molar-refractivity contribution in [1.82, 2.24) is 0 Å². The summed E-state index contributed by atoms with van der Waals surface area (Å²) in [7, 11) is 0. The minimum absolute atomic E-state index is 0.0780. The monoisotopic (exact) mass is 290 g/mol. The van der Waals surface area contributed by atoms with Gasteiger partial charge in [0.2, 0.25) is 5.91 Å². The Labute approximate surface area is 125 Å². The lowest BCUT2D eigenvalue weighted by molar-refractivity contribution is -0.119. The van der Waals surface area contributed by atoms with E-state index in [4.69, 9.17) is 0 Å². The minimum Gasteiger partial charge on any atom is -0.478 e. The van der Waals surface area contributed by atoms with E-state index in [9.17, 15) is 14.7 Å². The fourth-order valence-electron chi connectivity index (χ4n) is 2.72. The average Bonchev–Trinajstić information content (AvgIpc) is 2.48. The van der Waals surface area contributed by atoms with Gasteiger partial charge in [-0.3, -0.25) is 4.79 Å². The van der Waals surface area contributed by atoms with Crippen molar-refractivity contribution in [3.05, 3.63) is 23.8 Å². The van der Waals surface area contributed by atoms with E-state index in [0.29, 0.717) is 18.7 Å². The van der Waals surface area contributed by atoms with Gasteiger partial charge in [-0.1, -0.05) is 0 Å². The summed E-state index contributed by atoms with van der Waals surface area (Å²) >= 11 is 0. The summed E-state index contributed by atoms with van der Waals surface area (Å²) in [4.78, 5) is 27.2. The zero-order valence-corrected chi connectivity index (χ0v) is 12.6. The summed E-state index contributed by atoms with van der Waals surface area (Å²) in [5.74, 6) is -0.885. The van der Waals surface area contributed by atoms with Crippen LogP contribution in [0, 0.1) is 0 Å². The van der Waals surface area contributed by atoms with Gasteiger partial charge in [-0.05, 0) is 44.9 Å². The molecule has 2 rings (SSSR count). The van der Waals surface area contributed by atoms with Crippen LogP contribution in [-0.4, -0.2) is 36.6 Å². The first kappa shape index (κ1) is 15.4. The van der Waals surface area contributed by atoms with Gasteiger partial charge in [-0.15, -0.1) is 0 Å². The van der Waals surface area contributed by atoms with Crippen LogP contribution in [0.25, 0.3) is 0 Å². The Morgan fingerprint density at radius 3 is 2.52 bits per heavy atom. The Morgan fingerprint density at radius 1 is 1.24 bits per heavy atom. The molecule has 0 atom stereocenters. The van der Waals surface area contributed by atoms with Crippen LogP contribution in [0.1, 0.15) is 43.5 Å². The Bertz CT molecular complexity index is 538. The molecule has 1 saturated heterocycles. The van der Waals surface area contributed by atoms with Gasteiger partial charge in [-0.25, -0.2) is 4.79 Å². The Morgan fingerprint density at radius 2 is 1.95 bits per heavy atom. The van der Waals surface area contributed by atoms with E-state index in [1.165, 1.54) is 0 Å². The number of amides is 1. The molecule has 0 unspecified atom stereocenters. The number of benzene rings is 1. The second-order valence-electron chi connectivity index (χ2n) is 5.22. The van der Waals surface area contributed by atoms with Crippen molar-refractivity contribution >= 4 is 23.3 Å². The van der Waals surface area contributed by atoms with Crippen LogP contribution in [0.15, 0.2) is 18.2 Å². The van der Waals surface area contributed by atoms with Crippen LogP contribution in [-0.2, 0) is 4.79 Å². The number of carboxylic acid groups (broad SMARTS) is 1. The number of hydrogen-bond donors (Lipinski definition) is 1. The number of hydrogen-bond acceptors (Lipinski definition) is 3. The summed E-state index contributed by atoms with van der Waals surface area (Å²) in [6, 6.07) is 5.19. The van der Waals surface area contributed by atoms with Crippen LogP contribution in [0.4, 0.5) is 11.4 Å². The summed E-state index contributed by atoms with van der Waals surface area (Å²) < 4.78 is 0. The Hall–Kier alpha value is -2.04. The van der Waals surface area contributed by atoms with Gasteiger partial charge in [0.1, 0.15) is 0 Å². The van der Waals surface area contributed by atoms with Gasteiger partial charge < -0.3 is 14.9 Å². The molecule has 0 spiro atoms. The van der Waals surface area contributed by atoms with Crippen LogP contribution in [0.3, 0.4) is 0 Å². The molecule has 1 aliphatic rings. The molecule has 1 fully saturated rings. The first-order valence-electron chi connectivity index (χ1n) is 7.50. The predicted molar refractivity (Wildman–Crippen MR) is 83.2 cm³/mol. The molecule has 0 aliphatic carbocycles. The first-order valence-corrected chi connectivity index (χ1v) is 7.50. The zero-order chi connectivity index (χ0) is 15.4. The average molecular weight is 290 g/mol. The SMILES string of the molecule is CCN(CC)c1cc(C(=O)O)cc(N2CCCCC2=O)c1. The first-order chi connectivity index (χ1) is 10.1. The third-order valence-corrected chi connectivity index (χ3v) is 3.91. The number of carbonyl (C=O) groups is 2. The summed E-state index contributed by atoms with van der Waals surface area (Å²) in [5, 5.41) is 9.30. The molecule has 1 heterocycles. The fraction of sp³-hybridized carbons (Fsp3) is 0.500. The number of carbonyl (C=O) groups excluding carboxylic acids is 1. The van der Waals surface area contributed by atoms with Crippen molar-refractivity contribution in [1.29, 1.82) is 0 Å². The topological polar surface area (TPSA) is 60.9 Å². The zero-order valence-electron chi connectivity index (χ0n) is 12.6. The molecule has 21 heavy (non-hydrogen) atoms. The van der Waals surface area contributed by atoms with Gasteiger partial charge in [-0.2, -0.15) is 0 Å². The maximum Gasteiger partial charge on any atom is 0.335 e. The Kier molecular flexibility index (Phi) is 4.83. The molecule has 1 aliphatic heterocycles. The van der Waals surface area contributed by atoms with Crippen molar-refractivity contribution in [3.63, 3.8) is 0 Å². The molecule has 0 aromatic heterocycles. The quantitative estimate of drug-likeness (QED) is 0.905. The van der Waals surface area contributed by atoms with Crippen molar-refractivity contribution in [2.24, 2.45) is 0 Å². The standard InChI is InChI=1S/C16H22N2O3/c1-3-17(4-2)13-9-12(16(20)21)10-14(11-13)18-8-6-5-7-15(18)19/h9-11H,3-8H2,1-2H3,(H,20,21). The lowest BCUT2D eigenvalue weighted by atomic mass is 10.1. The summed E-state index contributed by atoms with van der Waals surface area (Å²) in [5.41, 5.74) is 1.78. The van der Waals surface area contributed by atoms with Gasteiger partial charge in [0, 0.05) is 37.4 Å². The minimum atomic E-state index is -0.963. The van der Waals surface area contributed by atoms with E-state index in [2.05, 4.69) is 4.90 Å². The highest BCUT2D eigenvalue weighted by molar-refractivity contribution is 5.97. The molecule has 1 amide bonds. The van der Waals surface area contributed by atoms with Gasteiger partial charge in [0.15, 0.2) is 0 Å². The van der Waals surface area contributed by atoms with E-state index >= 15 is 0 Å². The third-order valence-electron chi connectivity index (χ3n) is 3.91. The maximum atomic E-state index is 12.1. The second-order valence-corrected chi connectivity index (χ2v) is 5.22. The molecule has 114 valence electrons. The smallest absolute Gasteiger partial charge is 0.335 e. The highest BCUT2D eigenvalue weighted by Crippen LogP contribution is 2.28. The molecule has 0 radical (unpaired) electrons.